The molecule has 19 heavy (non-hydrogen) atoms. The molecule has 0 aliphatic heterocycles. The highest BCUT2D eigenvalue weighted by atomic mass is 79.9. The van der Waals surface area contributed by atoms with E-state index in [9.17, 15) is 0 Å². The van der Waals surface area contributed by atoms with Gasteiger partial charge < -0.3 is 0 Å². The first kappa shape index (κ1) is 15.2. The summed E-state index contributed by atoms with van der Waals surface area (Å²) in [4.78, 5) is 1.22. The van der Waals surface area contributed by atoms with E-state index < -0.39 is 0 Å². The Kier molecular flexibility index (Phi) is 4.84. The minimum atomic E-state index is 0.0844. The Morgan fingerprint density at radius 3 is 2.58 bits per heavy atom. The lowest BCUT2D eigenvalue weighted by molar-refractivity contribution is 0.536. The van der Waals surface area contributed by atoms with E-state index in [1.165, 1.54) is 10.4 Å². The third-order valence-electron chi connectivity index (χ3n) is 3.08. The fourth-order valence-corrected chi connectivity index (χ4v) is 4.12. The van der Waals surface area contributed by atoms with Crippen LogP contribution in [0.1, 0.15) is 27.9 Å². The zero-order valence-corrected chi connectivity index (χ0v) is 15.0. The molecule has 0 saturated carbocycles. The van der Waals surface area contributed by atoms with Crippen molar-refractivity contribution in [2.45, 2.75) is 26.3 Å². The molecule has 0 spiro atoms. The van der Waals surface area contributed by atoms with Gasteiger partial charge in [-0.25, -0.2) is 0 Å². The van der Waals surface area contributed by atoms with Crippen LogP contribution in [-0.4, -0.2) is 9.78 Å². The van der Waals surface area contributed by atoms with Crippen LogP contribution in [-0.2, 0) is 13.5 Å². The van der Waals surface area contributed by atoms with E-state index in [0.29, 0.717) is 0 Å². The lowest BCUT2D eigenvalue weighted by Gasteiger charge is -2.14. The summed E-state index contributed by atoms with van der Waals surface area (Å²) in [6.07, 6.45) is 0.792. The van der Waals surface area contributed by atoms with Crippen molar-refractivity contribution in [3.8, 4) is 0 Å². The van der Waals surface area contributed by atoms with Gasteiger partial charge in [-0.05, 0) is 57.3 Å². The second kappa shape index (κ2) is 6.05. The molecule has 0 aliphatic carbocycles. The standard InChI is InChI=1S/C12H16Br2N4S/c1-6-4-10(19-12(6)14)8(16-15)5-9-11(13)7(2)17-18(9)3/h4,8,16H,5,15H2,1-3H3. The van der Waals surface area contributed by atoms with Crippen molar-refractivity contribution in [3.63, 3.8) is 0 Å². The van der Waals surface area contributed by atoms with Crippen molar-refractivity contribution in [1.29, 1.82) is 0 Å². The van der Waals surface area contributed by atoms with Crippen LogP contribution in [0.3, 0.4) is 0 Å². The number of aromatic nitrogens is 2. The van der Waals surface area contributed by atoms with Gasteiger partial charge >= 0.3 is 0 Å². The summed E-state index contributed by atoms with van der Waals surface area (Å²) < 4.78 is 4.12. The number of hydrogen-bond acceptors (Lipinski definition) is 4. The Balaban J connectivity index is 2.29. The van der Waals surface area contributed by atoms with Crippen LogP contribution < -0.4 is 11.3 Å². The quantitative estimate of drug-likeness (QED) is 0.603. The first-order valence-corrected chi connectivity index (χ1v) is 8.24. The number of nitrogens with zero attached hydrogens (tertiary/aromatic N) is 2. The van der Waals surface area contributed by atoms with Gasteiger partial charge in [0.05, 0.1) is 25.7 Å². The summed E-state index contributed by atoms with van der Waals surface area (Å²) in [7, 11) is 1.95. The van der Waals surface area contributed by atoms with Crippen molar-refractivity contribution in [2.75, 3.05) is 0 Å². The highest BCUT2D eigenvalue weighted by molar-refractivity contribution is 9.11. The van der Waals surface area contributed by atoms with E-state index in [4.69, 9.17) is 5.84 Å². The van der Waals surface area contributed by atoms with Gasteiger partial charge in [0.2, 0.25) is 0 Å². The van der Waals surface area contributed by atoms with Crippen molar-refractivity contribution < 1.29 is 0 Å². The number of halogens is 2. The molecule has 2 rings (SSSR count). The van der Waals surface area contributed by atoms with Crippen LogP contribution >= 0.6 is 43.2 Å². The second-order valence-corrected chi connectivity index (χ2v) is 7.69. The summed E-state index contributed by atoms with van der Waals surface area (Å²) in [5.41, 5.74) is 6.27. The zero-order chi connectivity index (χ0) is 14.2. The molecule has 0 aromatic carbocycles. The van der Waals surface area contributed by atoms with Gasteiger partial charge in [0.15, 0.2) is 0 Å². The Labute approximate surface area is 133 Å². The van der Waals surface area contributed by atoms with Crippen LogP contribution in [0.2, 0.25) is 0 Å². The van der Waals surface area contributed by atoms with E-state index in [1.807, 2.05) is 18.7 Å². The van der Waals surface area contributed by atoms with Gasteiger partial charge in [-0.3, -0.25) is 16.0 Å². The van der Waals surface area contributed by atoms with Gasteiger partial charge in [0, 0.05) is 18.3 Å². The molecule has 0 saturated heterocycles. The molecule has 0 radical (unpaired) electrons. The first-order valence-electron chi connectivity index (χ1n) is 5.84. The minimum absolute atomic E-state index is 0.0844. The molecule has 1 atom stereocenters. The molecule has 0 fully saturated rings. The lowest BCUT2D eigenvalue weighted by Crippen LogP contribution is -2.29. The largest absolute Gasteiger partial charge is 0.271 e. The third-order valence-corrected chi connectivity index (χ3v) is 6.36. The molecule has 7 heteroatoms. The number of aryl methyl sites for hydroxylation is 3. The maximum absolute atomic E-state index is 5.72. The van der Waals surface area contributed by atoms with Crippen LogP contribution in [0.5, 0.6) is 0 Å². The number of thiophene rings is 1. The van der Waals surface area contributed by atoms with E-state index >= 15 is 0 Å². The monoisotopic (exact) mass is 406 g/mol. The molecule has 0 aliphatic rings. The molecule has 2 aromatic heterocycles. The predicted octanol–water partition coefficient (Wildman–Crippen LogP) is 3.37. The first-order chi connectivity index (χ1) is 8.93. The second-order valence-electron chi connectivity index (χ2n) is 4.50. The van der Waals surface area contributed by atoms with Gasteiger partial charge in [-0.1, -0.05) is 0 Å². The lowest BCUT2D eigenvalue weighted by atomic mass is 10.1. The molecule has 1 unspecified atom stereocenters. The zero-order valence-electron chi connectivity index (χ0n) is 11.0. The average Bonchev–Trinajstić information content (AvgIpc) is 2.80. The van der Waals surface area contributed by atoms with Gasteiger partial charge in [-0.2, -0.15) is 5.10 Å². The van der Waals surface area contributed by atoms with E-state index in [0.717, 1.165) is 26.1 Å². The molecule has 3 N–H and O–H groups in total. The topological polar surface area (TPSA) is 55.9 Å². The summed E-state index contributed by atoms with van der Waals surface area (Å²) in [5.74, 6) is 5.72. The van der Waals surface area contributed by atoms with Gasteiger partial charge in [0.25, 0.3) is 0 Å². The molecule has 104 valence electrons. The fraction of sp³-hybridized carbons (Fsp3) is 0.417. The van der Waals surface area contributed by atoms with Crippen molar-refractivity contribution >= 4 is 43.2 Å². The maximum Gasteiger partial charge on any atom is 0.0738 e. The molecular weight excluding hydrogens is 392 g/mol. The molecule has 4 nitrogen and oxygen atoms in total. The van der Waals surface area contributed by atoms with Gasteiger partial charge in [-0.15, -0.1) is 11.3 Å². The summed E-state index contributed by atoms with van der Waals surface area (Å²) in [5, 5.41) is 4.41. The van der Waals surface area contributed by atoms with Crippen molar-refractivity contribution in [2.24, 2.45) is 12.9 Å². The van der Waals surface area contributed by atoms with Crippen molar-refractivity contribution in [1.82, 2.24) is 15.2 Å². The van der Waals surface area contributed by atoms with E-state index in [1.54, 1.807) is 11.3 Å². The Bertz CT molecular complexity index is 571. The van der Waals surface area contributed by atoms with Crippen LogP contribution in [0.25, 0.3) is 0 Å². The number of nitrogens with one attached hydrogen (secondary N) is 1. The summed E-state index contributed by atoms with van der Waals surface area (Å²) in [6.45, 7) is 4.08. The highest BCUT2D eigenvalue weighted by Gasteiger charge is 2.19. The number of hydrazine groups is 1. The molecule has 2 heterocycles. The number of hydrogen-bond donors (Lipinski definition) is 2. The SMILES string of the molecule is Cc1cc(C(Cc2c(Br)c(C)nn2C)NN)sc1Br. The average molecular weight is 408 g/mol. The van der Waals surface area contributed by atoms with Crippen LogP contribution in [0.15, 0.2) is 14.3 Å². The van der Waals surface area contributed by atoms with Gasteiger partial charge in [0.1, 0.15) is 0 Å². The third kappa shape index (κ3) is 3.11. The fourth-order valence-electron chi connectivity index (χ4n) is 1.99. The smallest absolute Gasteiger partial charge is 0.0738 e. The Morgan fingerprint density at radius 1 is 1.47 bits per heavy atom. The number of nitrogens with two attached hydrogens (primary N) is 1. The van der Waals surface area contributed by atoms with E-state index in [-0.39, 0.29) is 6.04 Å². The predicted molar refractivity (Wildman–Crippen MR) is 86.2 cm³/mol. The summed E-state index contributed by atoms with van der Waals surface area (Å²) in [6, 6.07) is 2.25. The molecule has 2 aromatic rings. The van der Waals surface area contributed by atoms with Crippen LogP contribution in [0, 0.1) is 13.8 Å². The van der Waals surface area contributed by atoms with E-state index in [2.05, 4.69) is 55.4 Å². The molecule has 0 bridgehead atoms. The maximum atomic E-state index is 5.72. The Hall–Kier alpha value is -0.210. The minimum Gasteiger partial charge on any atom is -0.271 e. The normalized spacial score (nSPS) is 12.9. The molecular formula is C12H16Br2N4S. The van der Waals surface area contributed by atoms with Crippen molar-refractivity contribution in [3.05, 3.63) is 36.2 Å². The van der Waals surface area contributed by atoms with Crippen LogP contribution in [0.4, 0.5) is 0 Å². The number of rotatable bonds is 4. The summed E-state index contributed by atoms with van der Waals surface area (Å²) >= 11 is 8.86. The Morgan fingerprint density at radius 2 is 2.16 bits per heavy atom. The molecule has 0 amide bonds. The highest BCUT2D eigenvalue weighted by Crippen LogP contribution is 2.33.